The third-order valence-electron chi connectivity index (χ3n) is 3.06. The van der Waals surface area contributed by atoms with Gasteiger partial charge in [-0.25, -0.2) is 0 Å². The van der Waals surface area contributed by atoms with Crippen LogP contribution in [0, 0.1) is 0 Å². The Morgan fingerprint density at radius 3 is 1.68 bits per heavy atom. The summed E-state index contributed by atoms with van der Waals surface area (Å²) in [5.74, 6) is 0. The van der Waals surface area contributed by atoms with Crippen LogP contribution in [0.25, 0.3) is 12.2 Å². The van der Waals surface area contributed by atoms with Crippen molar-refractivity contribution in [2.75, 3.05) is 13.2 Å². The number of nitrogens with two attached hydrogens (primary N) is 1. The molecule has 19 heavy (non-hydrogen) atoms. The fourth-order valence-corrected chi connectivity index (χ4v) is 2.10. The van der Waals surface area contributed by atoms with Crippen LogP contribution < -0.4 is 5.73 Å². The molecule has 1 aliphatic carbocycles. The molecule has 0 aliphatic heterocycles. The van der Waals surface area contributed by atoms with Gasteiger partial charge >= 0.3 is 0 Å². The van der Waals surface area contributed by atoms with Crippen molar-refractivity contribution >= 4 is 12.2 Å². The summed E-state index contributed by atoms with van der Waals surface area (Å²) in [5, 5.41) is 7.75. The second kappa shape index (κ2) is 6.88. The summed E-state index contributed by atoms with van der Waals surface area (Å²) in [5.41, 5.74) is 10.3. The van der Waals surface area contributed by atoms with Gasteiger partial charge in [-0.1, -0.05) is 60.7 Å². The Balaban J connectivity index is 0.000000297. The van der Waals surface area contributed by atoms with Crippen molar-refractivity contribution in [2.24, 2.45) is 5.73 Å². The van der Waals surface area contributed by atoms with Crippen LogP contribution in [0.2, 0.25) is 0 Å². The van der Waals surface area contributed by atoms with Crippen molar-refractivity contribution in [1.82, 2.24) is 0 Å². The predicted molar refractivity (Wildman–Crippen MR) is 80.8 cm³/mol. The Morgan fingerprint density at radius 1 is 0.842 bits per heavy atom. The number of hydrogen-bond donors (Lipinski definition) is 2. The van der Waals surface area contributed by atoms with Gasteiger partial charge in [0.05, 0.1) is 6.61 Å². The molecule has 3 N–H and O–H groups in total. The molecule has 0 fully saturated rings. The minimum Gasteiger partial charge on any atom is -0.395 e. The molecular weight excluding hydrogens is 234 g/mol. The lowest BCUT2D eigenvalue weighted by atomic mass is 10.0. The van der Waals surface area contributed by atoms with Crippen LogP contribution in [-0.2, 0) is 6.42 Å². The maximum Gasteiger partial charge on any atom is 0.0553 e. The molecule has 2 aromatic carbocycles. The van der Waals surface area contributed by atoms with E-state index in [4.69, 9.17) is 10.8 Å². The molecular formula is C17H19NO. The van der Waals surface area contributed by atoms with Gasteiger partial charge in [-0.3, -0.25) is 0 Å². The van der Waals surface area contributed by atoms with Gasteiger partial charge in [0.1, 0.15) is 0 Å². The molecule has 0 amide bonds. The molecule has 3 rings (SSSR count). The van der Waals surface area contributed by atoms with Gasteiger partial charge in [-0.15, -0.1) is 0 Å². The van der Waals surface area contributed by atoms with Gasteiger partial charge in [0.2, 0.25) is 0 Å². The van der Waals surface area contributed by atoms with E-state index in [-0.39, 0.29) is 6.61 Å². The number of aliphatic hydroxyl groups is 1. The van der Waals surface area contributed by atoms with Crippen LogP contribution in [0.5, 0.6) is 0 Å². The Morgan fingerprint density at radius 2 is 1.26 bits per heavy atom. The number of fused-ring (bicyclic) bond motifs is 2. The summed E-state index contributed by atoms with van der Waals surface area (Å²) in [6, 6.07) is 17.2. The zero-order chi connectivity index (χ0) is 13.5. The average Bonchev–Trinajstić information content (AvgIpc) is 2.66. The maximum atomic E-state index is 7.75. The summed E-state index contributed by atoms with van der Waals surface area (Å²) in [6.07, 6.45) is 5.46. The van der Waals surface area contributed by atoms with Gasteiger partial charge in [0.15, 0.2) is 0 Å². The van der Waals surface area contributed by atoms with Crippen molar-refractivity contribution < 1.29 is 5.11 Å². The third-order valence-corrected chi connectivity index (χ3v) is 3.06. The van der Waals surface area contributed by atoms with E-state index in [0.29, 0.717) is 6.54 Å². The summed E-state index contributed by atoms with van der Waals surface area (Å²) >= 11 is 0. The molecule has 0 radical (unpaired) electrons. The minimum absolute atomic E-state index is 0.0972. The average molecular weight is 253 g/mol. The quantitative estimate of drug-likeness (QED) is 0.700. The Bertz CT molecular complexity index is 511. The monoisotopic (exact) mass is 253 g/mol. The van der Waals surface area contributed by atoms with Crippen LogP contribution >= 0.6 is 0 Å². The number of hydrogen-bond acceptors (Lipinski definition) is 2. The van der Waals surface area contributed by atoms with Crippen molar-refractivity contribution in [3.05, 3.63) is 70.8 Å². The minimum atomic E-state index is 0.0972. The fraction of sp³-hybridized carbons (Fsp3) is 0.176. The standard InChI is InChI=1S/C15H12.C2H7NO/c1-3-7-14-11-15-8-4-2-6-13(15)10-9-12(14)5-1;3-1-2-4/h1-10H,11H2;4H,1-3H2. The molecule has 2 aromatic rings. The second-order valence-electron chi connectivity index (χ2n) is 4.42. The Labute approximate surface area is 114 Å². The van der Waals surface area contributed by atoms with Crippen LogP contribution in [0.15, 0.2) is 48.5 Å². The second-order valence-corrected chi connectivity index (χ2v) is 4.42. The molecule has 0 aromatic heterocycles. The van der Waals surface area contributed by atoms with E-state index in [0.717, 1.165) is 6.42 Å². The fourth-order valence-electron chi connectivity index (χ4n) is 2.10. The molecule has 0 saturated heterocycles. The van der Waals surface area contributed by atoms with E-state index >= 15 is 0 Å². The Hall–Kier alpha value is -1.90. The zero-order valence-corrected chi connectivity index (χ0v) is 10.9. The molecule has 0 heterocycles. The highest BCUT2D eigenvalue weighted by molar-refractivity contribution is 5.75. The maximum absolute atomic E-state index is 7.75. The van der Waals surface area contributed by atoms with Gasteiger partial charge in [-0.05, 0) is 28.7 Å². The molecule has 0 bridgehead atoms. The third kappa shape index (κ3) is 3.53. The smallest absolute Gasteiger partial charge is 0.0553 e. The first-order valence-corrected chi connectivity index (χ1v) is 6.50. The van der Waals surface area contributed by atoms with Gasteiger partial charge < -0.3 is 10.8 Å². The van der Waals surface area contributed by atoms with Crippen molar-refractivity contribution in [3.63, 3.8) is 0 Å². The Kier molecular flexibility index (Phi) is 4.90. The highest BCUT2D eigenvalue weighted by Gasteiger charge is 2.06. The highest BCUT2D eigenvalue weighted by Crippen LogP contribution is 2.24. The molecule has 0 unspecified atom stereocenters. The SMILES string of the molecule is C1=Cc2ccccc2Cc2ccccc21.NCCO. The number of aliphatic hydroxyl groups excluding tert-OH is 1. The van der Waals surface area contributed by atoms with Crippen molar-refractivity contribution in [1.29, 1.82) is 0 Å². The number of benzene rings is 2. The van der Waals surface area contributed by atoms with Gasteiger partial charge in [0, 0.05) is 6.54 Å². The first-order chi connectivity index (χ1) is 9.35. The molecule has 0 saturated carbocycles. The van der Waals surface area contributed by atoms with Crippen LogP contribution in [0.1, 0.15) is 22.3 Å². The van der Waals surface area contributed by atoms with Crippen LogP contribution in [-0.4, -0.2) is 18.3 Å². The lowest BCUT2D eigenvalue weighted by Crippen LogP contribution is -2.02. The first kappa shape index (κ1) is 13.5. The van der Waals surface area contributed by atoms with Gasteiger partial charge in [0.25, 0.3) is 0 Å². The van der Waals surface area contributed by atoms with E-state index in [2.05, 4.69) is 60.7 Å². The summed E-state index contributed by atoms with van der Waals surface area (Å²) in [6.45, 7) is 0.472. The first-order valence-electron chi connectivity index (χ1n) is 6.50. The van der Waals surface area contributed by atoms with Crippen LogP contribution in [0.4, 0.5) is 0 Å². The lowest BCUT2D eigenvalue weighted by molar-refractivity contribution is 0.306. The zero-order valence-electron chi connectivity index (χ0n) is 10.9. The predicted octanol–water partition coefficient (Wildman–Crippen LogP) is 2.70. The molecule has 2 nitrogen and oxygen atoms in total. The molecule has 2 heteroatoms. The summed E-state index contributed by atoms with van der Waals surface area (Å²) < 4.78 is 0. The largest absolute Gasteiger partial charge is 0.395 e. The molecule has 98 valence electrons. The highest BCUT2D eigenvalue weighted by atomic mass is 16.3. The van der Waals surface area contributed by atoms with E-state index in [1.165, 1.54) is 22.3 Å². The summed E-state index contributed by atoms with van der Waals surface area (Å²) in [4.78, 5) is 0. The van der Waals surface area contributed by atoms with E-state index in [1.807, 2.05) is 0 Å². The summed E-state index contributed by atoms with van der Waals surface area (Å²) in [7, 11) is 0. The lowest BCUT2D eigenvalue weighted by Gasteiger charge is -2.04. The van der Waals surface area contributed by atoms with Gasteiger partial charge in [-0.2, -0.15) is 0 Å². The van der Waals surface area contributed by atoms with Crippen molar-refractivity contribution in [2.45, 2.75) is 6.42 Å². The van der Waals surface area contributed by atoms with E-state index in [1.54, 1.807) is 0 Å². The van der Waals surface area contributed by atoms with E-state index < -0.39 is 0 Å². The molecule has 0 spiro atoms. The van der Waals surface area contributed by atoms with E-state index in [9.17, 15) is 0 Å². The van der Waals surface area contributed by atoms with Crippen molar-refractivity contribution in [3.8, 4) is 0 Å². The van der Waals surface area contributed by atoms with Crippen LogP contribution in [0.3, 0.4) is 0 Å². The number of rotatable bonds is 1. The topological polar surface area (TPSA) is 46.2 Å². The molecule has 1 aliphatic rings. The molecule has 0 atom stereocenters. The normalized spacial score (nSPS) is 11.7.